The summed E-state index contributed by atoms with van der Waals surface area (Å²) in [7, 11) is 3.83. The average molecular weight is 466 g/mol. The molecular weight excluding hydrogens is 442 g/mol. The molecule has 1 saturated carbocycles. The lowest BCUT2D eigenvalue weighted by atomic mass is 9.88. The fourth-order valence-electron chi connectivity index (χ4n) is 4.77. The Bertz CT molecular complexity index is 1420. The van der Waals surface area contributed by atoms with Gasteiger partial charge in [0.25, 0.3) is 11.8 Å². The van der Waals surface area contributed by atoms with Gasteiger partial charge in [-0.25, -0.2) is 18.7 Å². The minimum Gasteiger partial charge on any atom is -0.373 e. The van der Waals surface area contributed by atoms with Gasteiger partial charge in [-0.3, -0.25) is 4.79 Å². The van der Waals surface area contributed by atoms with Crippen LogP contribution in [0, 0.1) is 0 Å². The normalized spacial score (nSPS) is 20.3. The van der Waals surface area contributed by atoms with E-state index in [2.05, 4.69) is 43.4 Å². The van der Waals surface area contributed by atoms with E-state index < -0.39 is 17.9 Å². The predicted octanol–water partition coefficient (Wildman–Crippen LogP) is 2.80. The molecule has 1 saturated heterocycles. The number of amides is 1. The minimum absolute atomic E-state index is 0.156. The molecule has 176 valence electrons. The van der Waals surface area contributed by atoms with Crippen LogP contribution in [-0.2, 0) is 0 Å². The molecular formula is C23H24F2N8O. The number of alkyl halides is 2. The van der Waals surface area contributed by atoms with Crippen LogP contribution in [0.5, 0.6) is 0 Å². The average Bonchev–Trinajstić information content (AvgIpc) is 3.41. The summed E-state index contributed by atoms with van der Waals surface area (Å²) >= 11 is 0. The summed E-state index contributed by atoms with van der Waals surface area (Å²) < 4.78 is 31.1. The molecule has 0 radical (unpaired) electrons. The van der Waals surface area contributed by atoms with Crippen molar-refractivity contribution >= 4 is 28.4 Å². The van der Waals surface area contributed by atoms with E-state index in [1.54, 1.807) is 13.2 Å². The first-order chi connectivity index (χ1) is 16.4. The number of hydrogen-bond acceptors (Lipinski definition) is 6. The highest BCUT2D eigenvalue weighted by Gasteiger charge is 2.49. The minimum atomic E-state index is -2.88. The first kappa shape index (κ1) is 21.0. The topological polar surface area (TPSA) is 92.4 Å². The summed E-state index contributed by atoms with van der Waals surface area (Å²) in [6.07, 6.45) is 5.23. The van der Waals surface area contributed by atoms with Gasteiger partial charge in [-0.2, -0.15) is 9.61 Å². The predicted molar refractivity (Wildman–Crippen MR) is 123 cm³/mol. The second-order valence-corrected chi connectivity index (χ2v) is 9.10. The van der Waals surface area contributed by atoms with E-state index in [1.165, 1.54) is 10.7 Å². The third-order valence-electron chi connectivity index (χ3n) is 6.86. The van der Waals surface area contributed by atoms with Gasteiger partial charge in [0.1, 0.15) is 17.0 Å². The Morgan fingerprint density at radius 3 is 2.76 bits per heavy atom. The van der Waals surface area contributed by atoms with Gasteiger partial charge in [0.05, 0.1) is 24.0 Å². The number of pyridine rings is 1. The van der Waals surface area contributed by atoms with Gasteiger partial charge in [0.2, 0.25) is 0 Å². The number of nitrogens with one attached hydrogen (secondary N) is 2. The van der Waals surface area contributed by atoms with Gasteiger partial charge >= 0.3 is 0 Å². The standard InChI is InChI=1S/C23H24F2N8O/c1-26-19-8-17(16-12-32(13-10-31(2)11-13)20-14(16)4-3-7-27-20)29-21-15(9-28-33(19)21)22(34)30-18-5-6-23(18,24)25/h3-4,7-9,12-13,18,26H,5-6,10-11H2,1-2H3,(H,30,34). The van der Waals surface area contributed by atoms with Crippen LogP contribution in [0.2, 0.25) is 0 Å². The molecule has 2 N–H and O–H groups in total. The van der Waals surface area contributed by atoms with Crippen LogP contribution < -0.4 is 10.6 Å². The van der Waals surface area contributed by atoms with Crippen molar-refractivity contribution in [3.8, 4) is 11.3 Å². The zero-order chi connectivity index (χ0) is 23.6. The Kier molecular flexibility index (Phi) is 4.60. The first-order valence-corrected chi connectivity index (χ1v) is 11.3. The van der Waals surface area contributed by atoms with E-state index in [9.17, 15) is 13.6 Å². The molecule has 0 aromatic carbocycles. The fourth-order valence-corrected chi connectivity index (χ4v) is 4.77. The largest absolute Gasteiger partial charge is 0.373 e. The van der Waals surface area contributed by atoms with E-state index in [0.717, 1.165) is 29.7 Å². The second kappa shape index (κ2) is 7.45. The van der Waals surface area contributed by atoms with Gasteiger partial charge < -0.3 is 20.1 Å². The lowest BCUT2D eigenvalue weighted by molar-refractivity contribution is -0.102. The quantitative estimate of drug-likeness (QED) is 0.470. The second-order valence-electron chi connectivity index (χ2n) is 9.10. The number of halogens is 2. The van der Waals surface area contributed by atoms with E-state index in [0.29, 0.717) is 23.2 Å². The van der Waals surface area contributed by atoms with E-state index >= 15 is 0 Å². The van der Waals surface area contributed by atoms with Crippen LogP contribution in [0.25, 0.3) is 27.9 Å². The van der Waals surface area contributed by atoms with Crippen LogP contribution in [0.1, 0.15) is 29.2 Å². The maximum atomic E-state index is 13.7. The number of aromatic nitrogens is 5. The number of carbonyl (C=O) groups is 1. The van der Waals surface area contributed by atoms with Crippen molar-refractivity contribution in [2.24, 2.45) is 0 Å². The number of hydrogen-bond donors (Lipinski definition) is 2. The monoisotopic (exact) mass is 466 g/mol. The van der Waals surface area contributed by atoms with Crippen molar-refractivity contribution in [3.63, 3.8) is 0 Å². The third-order valence-corrected chi connectivity index (χ3v) is 6.86. The fraction of sp³-hybridized carbons (Fsp3) is 0.391. The first-order valence-electron chi connectivity index (χ1n) is 11.3. The van der Waals surface area contributed by atoms with Crippen molar-refractivity contribution in [3.05, 3.63) is 42.4 Å². The van der Waals surface area contributed by atoms with Crippen LogP contribution in [0.3, 0.4) is 0 Å². The lowest BCUT2D eigenvalue weighted by Gasteiger charge is -2.37. The van der Waals surface area contributed by atoms with Crippen LogP contribution in [0.4, 0.5) is 14.6 Å². The summed E-state index contributed by atoms with van der Waals surface area (Å²) in [5.41, 5.74) is 2.86. The molecule has 4 aromatic heterocycles. The zero-order valence-corrected chi connectivity index (χ0v) is 18.8. The molecule has 1 amide bonds. The van der Waals surface area contributed by atoms with Crippen molar-refractivity contribution < 1.29 is 13.6 Å². The van der Waals surface area contributed by atoms with Gasteiger partial charge in [-0.15, -0.1) is 0 Å². The molecule has 11 heteroatoms. The number of carbonyl (C=O) groups excluding carboxylic acids is 1. The molecule has 1 atom stereocenters. The SMILES string of the molecule is CNc1cc(-c2cn(C3CN(C)C3)c3ncccc23)nc2c(C(=O)NC3CCC3(F)F)cnn12. The molecule has 6 rings (SSSR count). The number of anilines is 1. The Morgan fingerprint density at radius 1 is 1.26 bits per heavy atom. The molecule has 1 unspecified atom stereocenters. The lowest BCUT2D eigenvalue weighted by Crippen LogP contribution is -2.55. The molecule has 34 heavy (non-hydrogen) atoms. The van der Waals surface area contributed by atoms with Crippen molar-refractivity contribution in [1.82, 2.24) is 34.4 Å². The van der Waals surface area contributed by atoms with Crippen molar-refractivity contribution in [1.29, 1.82) is 0 Å². The maximum Gasteiger partial charge on any atom is 0.267 e. The third kappa shape index (κ3) is 3.14. The van der Waals surface area contributed by atoms with Gasteiger partial charge in [-0.1, -0.05) is 0 Å². The van der Waals surface area contributed by atoms with E-state index in [-0.39, 0.29) is 18.4 Å². The molecule has 9 nitrogen and oxygen atoms in total. The summed E-state index contributed by atoms with van der Waals surface area (Å²) in [6, 6.07) is 4.91. The Balaban J connectivity index is 1.45. The van der Waals surface area contributed by atoms with Crippen molar-refractivity contribution in [2.45, 2.75) is 30.8 Å². The highest BCUT2D eigenvalue weighted by atomic mass is 19.3. The smallest absolute Gasteiger partial charge is 0.267 e. The Morgan fingerprint density at radius 2 is 2.09 bits per heavy atom. The summed E-state index contributed by atoms with van der Waals surface area (Å²) in [6.45, 7) is 1.87. The molecule has 0 bridgehead atoms. The van der Waals surface area contributed by atoms with Gasteiger partial charge in [0, 0.05) is 56.0 Å². The number of rotatable bonds is 5. The molecule has 2 aliphatic rings. The maximum absolute atomic E-state index is 13.7. The van der Waals surface area contributed by atoms with Crippen LogP contribution in [0.15, 0.2) is 36.8 Å². The van der Waals surface area contributed by atoms with E-state index in [1.807, 2.05) is 18.2 Å². The van der Waals surface area contributed by atoms with Crippen LogP contribution >= 0.6 is 0 Å². The summed E-state index contributed by atoms with van der Waals surface area (Å²) in [4.78, 5) is 24.5. The van der Waals surface area contributed by atoms with Gasteiger partial charge in [0.15, 0.2) is 5.65 Å². The number of fused-ring (bicyclic) bond motifs is 2. The molecule has 1 aliphatic heterocycles. The zero-order valence-electron chi connectivity index (χ0n) is 18.8. The summed E-state index contributed by atoms with van der Waals surface area (Å²) in [5.74, 6) is -2.86. The molecule has 4 aromatic rings. The molecule has 2 fully saturated rings. The number of likely N-dealkylation sites (tertiary alicyclic amines) is 1. The molecule has 1 aliphatic carbocycles. The van der Waals surface area contributed by atoms with Gasteiger partial charge in [-0.05, 0) is 25.6 Å². The van der Waals surface area contributed by atoms with Crippen molar-refractivity contribution in [2.75, 3.05) is 32.5 Å². The molecule has 5 heterocycles. The summed E-state index contributed by atoms with van der Waals surface area (Å²) in [5, 5.41) is 10.8. The van der Waals surface area contributed by atoms with Crippen LogP contribution in [-0.4, -0.2) is 74.1 Å². The highest BCUT2D eigenvalue weighted by Crippen LogP contribution is 2.38. The molecule has 0 spiro atoms. The Hall–Kier alpha value is -3.60. The highest BCUT2D eigenvalue weighted by molar-refractivity contribution is 6.01. The number of nitrogens with zero attached hydrogens (tertiary/aromatic N) is 6. The van der Waals surface area contributed by atoms with E-state index in [4.69, 9.17) is 4.98 Å². The Labute approximate surface area is 193 Å². The number of likely N-dealkylation sites (N-methyl/N-ethyl adjacent to an activating group) is 1.